The average Bonchev–Trinajstić information content (AvgIpc) is 3.06. The van der Waals surface area contributed by atoms with Crippen molar-refractivity contribution < 1.29 is 4.79 Å². The second-order valence-electron chi connectivity index (χ2n) is 5.44. The number of carbonyl (C=O) groups is 1. The van der Waals surface area contributed by atoms with Crippen LogP contribution in [0.25, 0.3) is 0 Å². The minimum Gasteiger partial charge on any atom is -0.383 e. The van der Waals surface area contributed by atoms with Crippen LogP contribution in [-0.4, -0.2) is 33.9 Å². The molecule has 0 saturated carbocycles. The van der Waals surface area contributed by atoms with E-state index >= 15 is 0 Å². The monoisotopic (exact) mass is 329 g/mol. The second kappa shape index (κ2) is 6.87. The summed E-state index contributed by atoms with van der Waals surface area (Å²) >= 11 is 1.29. The summed E-state index contributed by atoms with van der Waals surface area (Å²) in [5.41, 5.74) is 12.4. The number of amides is 1. The van der Waals surface area contributed by atoms with Crippen molar-refractivity contribution in [2.75, 3.05) is 24.6 Å². The van der Waals surface area contributed by atoms with E-state index in [4.69, 9.17) is 11.5 Å². The van der Waals surface area contributed by atoms with Crippen molar-refractivity contribution in [1.82, 2.24) is 14.9 Å². The molecule has 1 aromatic carbocycles. The van der Waals surface area contributed by atoms with Gasteiger partial charge in [-0.1, -0.05) is 42.1 Å². The van der Waals surface area contributed by atoms with Crippen molar-refractivity contribution in [3.05, 3.63) is 42.0 Å². The third-order valence-electron chi connectivity index (χ3n) is 3.71. The lowest BCUT2D eigenvalue weighted by Crippen LogP contribution is -2.31. The van der Waals surface area contributed by atoms with Crippen LogP contribution in [0.1, 0.15) is 23.7 Å². The lowest BCUT2D eigenvalue weighted by atomic mass is 10.1. The molecule has 0 bridgehead atoms. The van der Waals surface area contributed by atoms with Crippen LogP contribution in [0.4, 0.5) is 11.6 Å². The molecular weight excluding hydrogens is 310 g/mol. The zero-order valence-electron chi connectivity index (χ0n) is 12.7. The van der Waals surface area contributed by atoms with Gasteiger partial charge in [-0.05, 0) is 18.4 Å². The standard InChI is InChI=1S/C16H19N5OS/c17-12-10-13(18)20-16(19-12)23-14(11-6-2-1-3-7-11)15(22)21-8-4-5-9-21/h1-3,6-7,10,14H,4-5,8-9H2,(H4,17,18,19,20)/t14-/m1/s1. The molecule has 0 spiro atoms. The normalized spacial score (nSPS) is 15.6. The van der Waals surface area contributed by atoms with Gasteiger partial charge in [0, 0.05) is 19.2 Å². The molecule has 2 heterocycles. The van der Waals surface area contributed by atoms with Crippen LogP contribution in [-0.2, 0) is 4.79 Å². The Morgan fingerprint density at radius 2 is 1.70 bits per heavy atom. The first-order valence-electron chi connectivity index (χ1n) is 7.54. The first-order valence-corrected chi connectivity index (χ1v) is 8.42. The topological polar surface area (TPSA) is 98.1 Å². The lowest BCUT2D eigenvalue weighted by Gasteiger charge is -2.22. The van der Waals surface area contributed by atoms with E-state index in [1.165, 1.54) is 17.8 Å². The van der Waals surface area contributed by atoms with Gasteiger partial charge in [0.15, 0.2) is 5.16 Å². The van der Waals surface area contributed by atoms with Gasteiger partial charge in [0.2, 0.25) is 5.91 Å². The number of thioether (sulfide) groups is 1. The number of anilines is 2. The van der Waals surface area contributed by atoms with E-state index in [0.29, 0.717) is 16.8 Å². The maximum atomic E-state index is 12.9. The van der Waals surface area contributed by atoms with Crippen LogP contribution in [0.3, 0.4) is 0 Å². The van der Waals surface area contributed by atoms with Gasteiger partial charge in [-0.25, -0.2) is 9.97 Å². The van der Waals surface area contributed by atoms with Crippen LogP contribution in [0.2, 0.25) is 0 Å². The first-order chi connectivity index (χ1) is 11.1. The van der Waals surface area contributed by atoms with Gasteiger partial charge in [0.1, 0.15) is 16.9 Å². The number of benzene rings is 1. The summed E-state index contributed by atoms with van der Waals surface area (Å²) in [7, 11) is 0. The zero-order chi connectivity index (χ0) is 16.2. The molecule has 23 heavy (non-hydrogen) atoms. The van der Waals surface area contributed by atoms with E-state index in [1.807, 2.05) is 35.2 Å². The molecule has 6 nitrogen and oxygen atoms in total. The third kappa shape index (κ3) is 3.73. The fourth-order valence-corrected chi connectivity index (χ4v) is 3.68. The summed E-state index contributed by atoms with van der Waals surface area (Å²) in [6.45, 7) is 1.62. The molecule has 7 heteroatoms. The number of carbonyl (C=O) groups excluding carboxylic acids is 1. The second-order valence-corrected chi connectivity index (χ2v) is 6.51. The Balaban J connectivity index is 1.90. The molecule has 120 valence electrons. The Hall–Kier alpha value is -2.28. The van der Waals surface area contributed by atoms with Gasteiger partial charge in [0.05, 0.1) is 0 Å². The van der Waals surface area contributed by atoms with Crippen molar-refractivity contribution in [3.8, 4) is 0 Å². The van der Waals surface area contributed by atoms with Gasteiger partial charge >= 0.3 is 0 Å². The van der Waals surface area contributed by atoms with E-state index in [9.17, 15) is 4.79 Å². The largest absolute Gasteiger partial charge is 0.383 e. The minimum absolute atomic E-state index is 0.0864. The summed E-state index contributed by atoms with van der Waals surface area (Å²) in [6, 6.07) is 11.2. The van der Waals surface area contributed by atoms with Crippen LogP contribution in [0.5, 0.6) is 0 Å². The summed E-state index contributed by atoms with van der Waals surface area (Å²) in [5, 5.41) is 0.0272. The number of nitrogens with two attached hydrogens (primary N) is 2. The van der Waals surface area contributed by atoms with Gasteiger partial charge in [0.25, 0.3) is 0 Å². The highest BCUT2D eigenvalue weighted by Crippen LogP contribution is 2.36. The molecule has 1 saturated heterocycles. The molecule has 0 radical (unpaired) electrons. The predicted octanol–water partition coefficient (Wildman–Crippen LogP) is 2.10. The molecule has 0 aliphatic carbocycles. The lowest BCUT2D eigenvalue weighted by molar-refractivity contribution is -0.129. The van der Waals surface area contributed by atoms with Crippen molar-refractivity contribution in [2.24, 2.45) is 0 Å². The quantitative estimate of drug-likeness (QED) is 0.658. The van der Waals surface area contributed by atoms with Gasteiger partial charge < -0.3 is 16.4 Å². The highest BCUT2D eigenvalue weighted by atomic mass is 32.2. The molecule has 1 aliphatic heterocycles. The number of aromatic nitrogens is 2. The van der Waals surface area contributed by atoms with Crippen molar-refractivity contribution in [3.63, 3.8) is 0 Å². The molecule has 2 aromatic rings. The fourth-order valence-electron chi connectivity index (χ4n) is 2.61. The van der Waals surface area contributed by atoms with Crippen molar-refractivity contribution in [1.29, 1.82) is 0 Å². The molecule has 1 fully saturated rings. The fraction of sp³-hybridized carbons (Fsp3) is 0.312. The van der Waals surface area contributed by atoms with Crippen molar-refractivity contribution in [2.45, 2.75) is 23.2 Å². The first kappa shape index (κ1) is 15.6. The maximum Gasteiger partial charge on any atom is 0.240 e. The highest BCUT2D eigenvalue weighted by Gasteiger charge is 2.29. The molecule has 4 N–H and O–H groups in total. The predicted molar refractivity (Wildman–Crippen MR) is 91.7 cm³/mol. The van der Waals surface area contributed by atoms with E-state index < -0.39 is 5.25 Å². The van der Waals surface area contributed by atoms with Gasteiger partial charge in [-0.15, -0.1) is 0 Å². The number of rotatable bonds is 4. The Bertz CT molecular complexity index is 668. The molecule has 1 amide bonds. The molecule has 1 aromatic heterocycles. The molecule has 1 atom stereocenters. The van der Waals surface area contributed by atoms with Gasteiger partial charge in [-0.3, -0.25) is 4.79 Å². The van der Waals surface area contributed by atoms with E-state index in [1.54, 1.807) is 0 Å². The van der Waals surface area contributed by atoms with Crippen molar-refractivity contribution >= 4 is 29.3 Å². The van der Waals surface area contributed by atoms with Gasteiger partial charge in [-0.2, -0.15) is 0 Å². The van der Waals surface area contributed by atoms with E-state index in [2.05, 4.69) is 9.97 Å². The Labute approximate surface area is 139 Å². The summed E-state index contributed by atoms with van der Waals surface area (Å²) < 4.78 is 0. The number of nitrogen functional groups attached to an aromatic ring is 2. The van der Waals surface area contributed by atoms with E-state index in [-0.39, 0.29) is 5.91 Å². The zero-order valence-corrected chi connectivity index (χ0v) is 13.5. The number of hydrogen-bond donors (Lipinski definition) is 2. The Kier molecular flexibility index (Phi) is 4.66. The maximum absolute atomic E-state index is 12.9. The average molecular weight is 329 g/mol. The minimum atomic E-state index is -0.393. The van der Waals surface area contributed by atoms with E-state index in [0.717, 1.165) is 31.5 Å². The number of hydrogen-bond acceptors (Lipinski definition) is 6. The molecule has 3 rings (SSSR count). The summed E-state index contributed by atoms with van der Waals surface area (Å²) in [6.07, 6.45) is 2.11. The number of nitrogens with zero attached hydrogens (tertiary/aromatic N) is 3. The van der Waals surface area contributed by atoms with Crippen LogP contribution < -0.4 is 11.5 Å². The highest BCUT2D eigenvalue weighted by molar-refractivity contribution is 8.00. The Morgan fingerprint density at radius 3 is 2.30 bits per heavy atom. The van der Waals surface area contributed by atoms with Crippen LogP contribution in [0, 0.1) is 0 Å². The summed E-state index contributed by atoms with van der Waals surface area (Å²) in [5.74, 6) is 0.698. The molecule has 1 aliphatic rings. The third-order valence-corrected chi connectivity index (χ3v) is 4.82. The number of likely N-dealkylation sites (tertiary alicyclic amines) is 1. The molecular formula is C16H19N5OS. The summed E-state index contributed by atoms with van der Waals surface area (Å²) in [4.78, 5) is 23.2. The van der Waals surface area contributed by atoms with Crippen LogP contribution >= 0.6 is 11.8 Å². The smallest absolute Gasteiger partial charge is 0.240 e. The van der Waals surface area contributed by atoms with Crippen LogP contribution in [0.15, 0.2) is 41.6 Å². The Morgan fingerprint density at radius 1 is 1.09 bits per heavy atom. The SMILES string of the molecule is Nc1cc(N)nc(S[C@@H](C(=O)N2CCCC2)c2ccccc2)n1. The molecule has 0 unspecified atom stereocenters.